The average molecular weight is 194 g/mol. The molecule has 2 saturated carbocycles. The normalized spacial score (nSPS) is 37.0. The highest BCUT2D eigenvalue weighted by Crippen LogP contribution is 2.46. The van der Waals surface area contributed by atoms with Crippen LogP contribution in [0, 0.1) is 22.2 Å². The Morgan fingerprint density at radius 2 is 2.14 bits per heavy atom. The maximum Gasteiger partial charge on any atom is 0.0703 e. The van der Waals surface area contributed by atoms with Crippen LogP contribution >= 0.6 is 0 Å². The summed E-state index contributed by atoms with van der Waals surface area (Å²) < 4.78 is 0. The molecule has 0 aromatic heterocycles. The summed E-state index contributed by atoms with van der Waals surface area (Å²) in [6.45, 7) is 4.94. The van der Waals surface area contributed by atoms with Crippen molar-refractivity contribution in [2.75, 3.05) is 6.54 Å². The molecule has 0 amide bonds. The molecule has 2 unspecified atom stereocenters. The summed E-state index contributed by atoms with van der Waals surface area (Å²) >= 11 is 0. The lowest BCUT2D eigenvalue weighted by Crippen LogP contribution is -2.60. The van der Waals surface area contributed by atoms with Gasteiger partial charge in [0.2, 0.25) is 0 Å². The van der Waals surface area contributed by atoms with E-state index < -0.39 is 0 Å². The fraction of sp³-hybridized carbons (Fsp3) is 0.909. The fourth-order valence-corrected chi connectivity index (χ4v) is 2.05. The number of rotatable bonds is 3. The van der Waals surface area contributed by atoms with Gasteiger partial charge in [0.15, 0.2) is 0 Å². The van der Waals surface area contributed by atoms with Gasteiger partial charge >= 0.3 is 0 Å². The highest BCUT2D eigenvalue weighted by molar-refractivity contribution is 5.12. The minimum Gasteiger partial charge on any atom is -0.392 e. The maximum atomic E-state index is 9.54. The molecule has 0 heterocycles. The summed E-state index contributed by atoms with van der Waals surface area (Å²) in [5, 5.41) is 21.9. The highest BCUT2D eigenvalue weighted by atomic mass is 16.3. The van der Waals surface area contributed by atoms with E-state index in [9.17, 15) is 5.11 Å². The molecule has 0 saturated heterocycles. The number of aliphatic hydroxyl groups excluding tert-OH is 1. The van der Waals surface area contributed by atoms with Crippen molar-refractivity contribution < 1.29 is 5.11 Å². The van der Waals surface area contributed by atoms with Crippen LogP contribution in [0.1, 0.15) is 33.1 Å². The molecular weight excluding hydrogens is 176 g/mol. The van der Waals surface area contributed by atoms with Crippen molar-refractivity contribution in [3.63, 3.8) is 0 Å². The minimum atomic E-state index is -0.183. The summed E-state index contributed by atoms with van der Waals surface area (Å²) in [5.41, 5.74) is -0.0951. The van der Waals surface area contributed by atoms with E-state index in [1.54, 1.807) is 0 Å². The lowest BCUT2D eigenvalue weighted by molar-refractivity contribution is -0.0730. The third kappa shape index (κ3) is 1.43. The molecule has 3 nitrogen and oxygen atoms in total. The first-order chi connectivity index (χ1) is 6.50. The quantitative estimate of drug-likeness (QED) is 0.705. The van der Waals surface area contributed by atoms with Crippen LogP contribution in [0.4, 0.5) is 0 Å². The Labute approximate surface area is 85.1 Å². The Balaban J connectivity index is 1.81. The molecule has 3 heteroatoms. The highest BCUT2D eigenvalue weighted by Gasteiger charge is 2.49. The van der Waals surface area contributed by atoms with Gasteiger partial charge in [-0.2, -0.15) is 5.26 Å². The van der Waals surface area contributed by atoms with Crippen molar-refractivity contribution in [1.82, 2.24) is 5.32 Å². The zero-order valence-corrected chi connectivity index (χ0v) is 8.88. The van der Waals surface area contributed by atoms with E-state index in [0.29, 0.717) is 6.04 Å². The van der Waals surface area contributed by atoms with Gasteiger partial charge in [0.25, 0.3) is 0 Å². The zero-order chi connectivity index (χ0) is 10.4. The minimum absolute atomic E-state index is 0.0223. The SMILES string of the molecule is CC1(C)C(O)CC1NCC1(C#N)CC1. The molecule has 2 atom stereocenters. The second kappa shape index (κ2) is 2.95. The molecule has 2 aliphatic carbocycles. The largest absolute Gasteiger partial charge is 0.392 e. The predicted molar refractivity (Wildman–Crippen MR) is 53.5 cm³/mol. The molecule has 0 aromatic carbocycles. The van der Waals surface area contributed by atoms with Gasteiger partial charge in [-0.15, -0.1) is 0 Å². The van der Waals surface area contributed by atoms with Gasteiger partial charge in [-0.05, 0) is 19.3 Å². The topological polar surface area (TPSA) is 56.0 Å². The summed E-state index contributed by atoms with van der Waals surface area (Å²) in [6, 6.07) is 2.75. The second-order valence-electron chi connectivity index (χ2n) is 5.40. The zero-order valence-electron chi connectivity index (χ0n) is 8.88. The van der Waals surface area contributed by atoms with Crippen molar-refractivity contribution in [3.8, 4) is 6.07 Å². The molecule has 14 heavy (non-hydrogen) atoms. The second-order valence-corrected chi connectivity index (χ2v) is 5.40. The molecule has 2 N–H and O–H groups in total. The Hall–Kier alpha value is -0.590. The van der Waals surface area contributed by atoms with Crippen molar-refractivity contribution >= 4 is 0 Å². The van der Waals surface area contributed by atoms with Crippen LogP contribution in [0.15, 0.2) is 0 Å². The van der Waals surface area contributed by atoms with E-state index in [-0.39, 0.29) is 16.9 Å². The first-order valence-electron chi connectivity index (χ1n) is 5.33. The Morgan fingerprint density at radius 3 is 2.50 bits per heavy atom. The molecule has 0 spiro atoms. The van der Waals surface area contributed by atoms with E-state index in [1.165, 1.54) is 0 Å². The number of nitrogens with zero attached hydrogens (tertiary/aromatic N) is 1. The first kappa shape index (κ1) is 9.95. The van der Waals surface area contributed by atoms with Crippen LogP contribution in [0.3, 0.4) is 0 Å². The summed E-state index contributed by atoms with van der Waals surface area (Å²) in [7, 11) is 0. The lowest BCUT2D eigenvalue weighted by Gasteiger charge is -2.50. The molecule has 0 aromatic rings. The van der Waals surface area contributed by atoms with E-state index >= 15 is 0 Å². The Morgan fingerprint density at radius 1 is 1.50 bits per heavy atom. The van der Waals surface area contributed by atoms with Gasteiger partial charge in [-0.1, -0.05) is 13.8 Å². The van der Waals surface area contributed by atoms with Gasteiger partial charge in [-0.3, -0.25) is 0 Å². The lowest BCUT2D eigenvalue weighted by atomic mass is 9.64. The molecule has 2 rings (SSSR count). The third-order valence-corrected chi connectivity index (χ3v) is 3.99. The van der Waals surface area contributed by atoms with Crippen LogP contribution < -0.4 is 5.32 Å². The van der Waals surface area contributed by atoms with Crippen molar-refractivity contribution in [1.29, 1.82) is 5.26 Å². The van der Waals surface area contributed by atoms with Crippen molar-refractivity contribution in [3.05, 3.63) is 0 Å². The van der Waals surface area contributed by atoms with Gasteiger partial charge in [-0.25, -0.2) is 0 Å². The van der Waals surface area contributed by atoms with Crippen LogP contribution in [-0.4, -0.2) is 23.8 Å². The van der Waals surface area contributed by atoms with Gasteiger partial charge in [0.05, 0.1) is 17.6 Å². The van der Waals surface area contributed by atoms with Crippen LogP contribution in [-0.2, 0) is 0 Å². The van der Waals surface area contributed by atoms with Gasteiger partial charge < -0.3 is 10.4 Å². The monoisotopic (exact) mass is 194 g/mol. The van der Waals surface area contributed by atoms with Crippen molar-refractivity contribution in [2.24, 2.45) is 10.8 Å². The van der Waals surface area contributed by atoms with Crippen molar-refractivity contribution in [2.45, 2.75) is 45.3 Å². The molecule has 78 valence electrons. The first-order valence-corrected chi connectivity index (χ1v) is 5.33. The summed E-state index contributed by atoms with van der Waals surface area (Å²) in [4.78, 5) is 0. The summed E-state index contributed by atoms with van der Waals surface area (Å²) in [5.74, 6) is 0. The van der Waals surface area contributed by atoms with Gasteiger partial charge in [0.1, 0.15) is 0 Å². The van der Waals surface area contributed by atoms with E-state index in [4.69, 9.17) is 5.26 Å². The number of nitrogens with one attached hydrogen (secondary N) is 1. The van der Waals surface area contributed by atoms with Crippen LogP contribution in [0.2, 0.25) is 0 Å². The number of nitriles is 1. The average Bonchev–Trinajstić information content (AvgIpc) is 2.93. The molecule has 0 radical (unpaired) electrons. The van der Waals surface area contributed by atoms with E-state index in [2.05, 4.69) is 25.2 Å². The maximum absolute atomic E-state index is 9.54. The van der Waals surface area contributed by atoms with Gasteiger partial charge in [0, 0.05) is 18.0 Å². The number of hydrogen-bond acceptors (Lipinski definition) is 3. The molecule has 0 bridgehead atoms. The predicted octanol–water partition coefficient (Wildman–Crippen LogP) is 1.04. The smallest absolute Gasteiger partial charge is 0.0703 e. The Kier molecular flexibility index (Phi) is 2.09. The summed E-state index contributed by atoms with van der Waals surface area (Å²) in [6.07, 6.45) is 2.71. The molecule has 2 aliphatic rings. The molecular formula is C11H18N2O. The van der Waals surface area contributed by atoms with E-state index in [1.807, 2.05) is 0 Å². The third-order valence-electron chi connectivity index (χ3n) is 3.99. The fourth-order valence-electron chi connectivity index (χ4n) is 2.05. The number of hydrogen-bond donors (Lipinski definition) is 2. The molecule has 0 aliphatic heterocycles. The Bertz CT molecular complexity index is 276. The van der Waals surface area contributed by atoms with Crippen LogP contribution in [0.25, 0.3) is 0 Å². The standard InChI is InChI=1S/C11H18N2O/c1-10(2)8(5-9(10)14)13-7-11(6-12)3-4-11/h8-9,13-14H,3-5,7H2,1-2H3. The van der Waals surface area contributed by atoms with Crippen LogP contribution in [0.5, 0.6) is 0 Å². The number of aliphatic hydroxyl groups is 1. The molecule has 2 fully saturated rings. The van der Waals surface area contributed by atoms with E-state index in [0.717, 1.165) is 25.8 Å².